The van der Waals surface area contributed by atoms with Crippen LogP contribution >= 0.6 is 23.2 Å². The number of halogens is 2. The smallest absolute Gasteiger partial charge is 0.142 e. The first kappa shape index (κ1) is 13.9. The summed E-state index contributed by atoms with van der Waals surface area (Å²) in [5.74, 6) is 2.47. The molecular weight excluding hydrogens is 281 g/mol. The summed E-state index contributed by atoms with van der Waals surface area (Å²) in [6.45, 7) is 0. The number of nitrogens with zero attached hydrogens (tertiary/aromatic N) is 1. The van der Waals surface area contributed by atoms with E-state index in [1.807, 2.05) is 0 Å². The highest BCUT2D eigenvalue weighted by Gasteiger charge is 2.32. The van der Waals surface area contributed by atoms with Crippen molar-refractivity contribution in [1.29, 1.82) is 0 Å². The van der Waals surface area contributed by atoms with Crippen molar-refractivity contribution < 1.29 is 5.11 Å². The molecule has 1 atom stereocenters. The van der Waals surface area contributed by atoms with Crippen LogP contribution in [0.2, 0.25) is 10.0 Å². The summed E-state index contributed by atoms with van der Waals surface area (Å²) in [5.41, 5.74) is -0.325. The summed E-state index contributed by atoms with van der Waals surface area (Å²) in [5, 5.41) is 11.7. The van der Waals surface area contributed by atoms with E-state index in [0.717, 1.165) is 0 Å². The van der Waals surface area contributed by atoms with E-state index in [1.165, 1.54) is 0 Å². The fourth-order valence-corrected chi connectivity index (χ4v) is 2.15. The summed E-state index contributed by atoms with van der Waals surface area (Å²) >= 11 is 11.9. The van der Waals surface area contributed by atoms with Gasteiger partial charge >= 0.3 is 0 Å². The van der Waals surface area contributed by atoms with E-state index in [9.17, 15) is 5.11 Å². The average molecular weight is 292 g/mol. The number of hydrogen-bond donors (Lipinski definition) is 1. The molecule has 0 spiro atoms. The van der Waals surface area contributed by atoms with Crippen LogP contribution in [0.3, 0.4) is 0 Å². The fourth-order valence-electron chi connectivity index (χ4n) is 1.85. The molecule has 1 heterocycles. The Bertz CT molecular complexity index is 622. The molecule has 1 aromatic carbocycles. The number of benzene rings is 1. The molecule has 0 amide bonds. The fraction of sp³-hybridized carbons (Fsp3) is 0.133. The lowest BCUT2D eigenvalue weighted by Crippen LogP contribution is -2.28. The Morgan fingerprint density at radius 1 is 1.21 bits per heavy atom. The molecule has 0 aliphatic heterocycles. The molecule has 0 bridgehead atoms. The molecular formula is C15H11Cl2NO. The first-order valence-electron chi connectivity index (χ1n) is 5.61. The molecule has 2 rings (SSSR count). The van der Waals surface area contributed by atoms with Crippen LogP contribution in [0.4, 0.5) is 0 Å². The number of rotatable bonds is 3. The van der Waals surface area contributed by atoms with Gasteiger partial charge in [-0.1, -0.05) is 35.3 Å². The van der Waals surface area contributed by atoms with Crippen LogP contribution in [0, 0.1) is 12.3 Å². The van der Waals surface area contributed by atoms with E-state index < -0.39 is 5.60 Å². The van der Waals surface area contributed by atoms with Crippen molar-refractivity contribution in [3.63, 3.8) is 0 Å². The number of pyridine rings is 1. The molecule has 2 aromatic rings. The monoisotopic (exact) mass is 291 g/mol. The second-order valence-electron chi connectivity index (χ2n) is 4.09. The van der Waals surface area contributed by atoms with Crippen molar-refractivity contribution in [2.24, 2.45) is 0 Å². The third-order valence-corrected chi connectivity index (χ3v) is 3.58. The summed E-state index contributed by atoms with van der Waals surface area (Å²) in [6.07, 6.45) is 7.07. The summed E-state index contributed by atoms with van der Waals surface area (Å²) in [6, 6.07) is 10.2. The minimum atomic E-state index is -1.37. The van der Waals surface area contributed by atoms with E-state index in [0.29, 0.717) is 21.3 Å². The first-order valence-corrected chi connectivity index (χ1v) is 6.36. The van der Waals surface area contributed by atoms with Crippen molar-refractivity contribution >= 4 is 23.2 Å². The average Bonchev–Trinajstić information content (AvgIpc) is 2.43. The Kier molecular flexibility index (Phi) is 4.11. The van der Waals surface area contributed by atoms with E-state index in [2.05, 4.69) is 10.9 Å². The predicted molar refractivity (Wildman–Crippen MR) is 77.1 cm³/mol. The van der Waals surface area contributed by atoms with Gasteiger partial charge in [-0.2, -0.15) is 0 Å². The van der Waals surface area contributed by atoms with Crippen molar-refractivity contribution in [2.45, 2.75) is 12.0 Å². The molecule has 0 aliphatic carbocycles. The number of hydrogen-bond acceptors (Lipinski definition) is 2. The standard InChI is InChI=1S/C15H11Cl2NO/c1-2-8-15(19,14-5-3-4-9-18-14)11-6-7-12(16)13(17)10-11/h1,3-7,9-10,19H,8H2. The molecule has 0 radical (unpaired) electrons. The molecule has 96 valence electrons. The van der Waals surface area contributed by atoms with Gasteiger partial charge in [0.15, 0.2) is 0 Å². The third kappa shape index (κ3) is 2.74. The van der Waals surface area contributed by atoms with Gasteiger partial charge in [-0.25, -0.2) is 0 Å². The maximum Gasteiger partial charge on any atom is 0.142 e. The van der Waals surface area contributed by atoms with Crippen LogP contribution < -0.4 is 0 Å². The molecule has 1 aromatic heterocycles. The summed E-state index contributed by atoms with van der Waals surface area (Å²) < 4.78 is 0. The lowest BCUT2D eigenvalue weighted by atomic mass is 9.87. The molecule has 1 N–H and O–H groups in total. The Balaban J connectivity index is 2.57. The van der Waals surface area contributed by atoms with Crippen molar-refractivity contribution in [3.05, 3.63) is 63.9 Å². The van der Waals surface area contributed by atoms with Crippen LogP contribution in [-0.4, -0.2) is 10.1 Å². The first-order chi connectivity index (χ1) is 9.08. The SMILES string of the molecule is C#CCC(O)(c1ccc(Cl)c(Cl)c1)c1ccccn1. The van der Waals surface area contributed by atoms with Crippen LogP contribution in [-0.2, 0) is 5.60 Å². The van der Waals surface area contributed by atoms with Crippen LogP contribution in [0.25, 0.3) is 0 Å². The van der Waals surface area contributed by atoms with Gasteiger partial charge in [0.25, 0.3) is 0 Å². The van der Waals surface area contributed by atoms with Gasteiger partial charge in [0.1, 0.15) is 5.60 Å². The van der Waals surface area contributed by atoms with E-state index in [4.69, 9.17) is 29.6 Å². The Morgan fingerprint density at radius 2 is 2.00 bits per heavy atom. The molecule has 0 saturated heterocycles. The summed E-state index contributed by atoms with van der Waals surface area (Å²) in [4.78, 5) is 4.18. The number of terminal acetylenes is 1. The zero-order valence-electron chi connectivity index (χ0n) is 9.98. The van der Waals surface area contributed by atoms with Gasteiger partial charge < -0.3 is 5.11 Å². The van der Waals surface area contributed by atoms with Crippen LogP contribution in [0.5, 0.6) is 0 Å². The predicted octanol–water partition coefficient (Wildman–Crippen LogP) is 3.65. The van der Waals surface area contributed by atoms with Gasteiger partial charge in [0.05, 0.1) is 15.7 Å². The normalized spacial score (nSPS) is 13.6. The maximum absolute atomic E-state index is 10.9. The molecule has 0 aliphatic rings. The minimum Gasteiger partial charge on any atom is -0.378 e. The summed E-state index contributed by atoms with van der Waals surface area (Å²) in [7, 11) is 0. The molecule has 0 fully saturated rings. The molecule has 1 unspecified atom stereocenters. The second kappa shape index (κ2) is 5.63. The van der Waals surface area contributed by atoms with E-state index in [1.54, 1.807) is 42.6 Å². The zero-order valence-corrected chi connectivity index (χ0v) is 11.5. The Hall–Kier alpha value is -1.53. The van der Waals surface area contributed by atoms with Crippen LogP contribution in [0.1, 0.15) is 17.7 Å². The minimum absolute atomic E-state index is 0.0992. The zero-order chi connectivity index (χ0) is 13.9. The van der Waals surface area contributed by atoms with Crippen molar-refractivity contribution in [1.82, 2.24) is 4.98 Å². The number of aromatic nitrogens is 1. The Morgan fingerprint density at radius 3 is 2.58 bits per heavy atom. The van der Waals surface area contributed by atoms with Crippen LogP contribution in [0.15, 0.2) is 42.6 Å². The highest BCUT2D eigenvalue weighted by molar-refractivity contribution is 6.42. The highest BCUT2D eigenvalue weighted by atomic mass is 35.5. The second-order valence-corrected chi connectivity index (χ2v) is 4.90. The quantitative estimate of drug-likeness (QED) is 0.876. The molecule has 4 heteroatoms. The van der Waals surface area contributed by atoms with Crippen molar-refractivity contribution in [2.75, 3.05) is 0 Å². The maximum atomic E-state index is 10.9. The van der Waals surface area contributed by atoms with Gasteiger partial charge in [-0.05, 0) is 29.8 Å². The largest absolute Gasteiger partial charge is 0.378 e. The van der Waals surface area contributed by atoms with Crippen molar-refractivity contribution in [3.8, 4) is 12.3 Å². The third-order valence-electron chi connectivity index (χ3n) is 2.84. The molecule has 2 nitrogen and oxygen atoms in total. The van der Waals surface area contributed by atoms with E-state index >= 15 is 0 Å². The highest BCUT2D eigenvalue weighted by Crippen LogP contribution is 2.34. The molecule has 19 heavy (non-hydrogen) atoms. The van der Waals surface area contributed by atoms with Gasteiger partial charge in [-0.15, -0.1) is 12.3 Å². The molecule has 0 saturated carbocycles. The van der Waals surface area contributed by atoms with Gasteiger partial charge in [-0.3, -0.25) is 4.98 Å². The lowest BCUT2D eigenvalue weighted by molar-refractivity contribution is 0.0818. The van der Waals surface area contributed by atoms with Gasteiger partial charge in [0, 0.05) is 12.6 Å². The van der Waals surface area contributed by atoms with E-state index in [-0.39, 0.29) is 6.42 Å². The number of aliphatic hydroxyl groups is 1. The Labute approximate surface area is 122 Å². The lowest BCUT2D eigenvalue weighted by Gasteiger charge is -2.26. The topological polar surface area (TPSA) is 33.1 Å². The van der Waals surface area contributed by atoms with Gasteiger partial charge in [0.2, 0.25) is 0 Å².